The summed E-state index contributed by atoms with van der Waals surface area (Å²) in [6.45, 7) is 1.65. The average Bonchev–Trinajstić information content (AvgIpc) is 3.26. The second-order valence-corrected chi connectivity index (χ2v) is 7.61. The topological polar surface area (TPSA) is 59.2 Å². The van der Waals surface area contributed by atoms with Crippen LogP contribution < -0.4 is 5.73 Å². The molecule has 0 bridgehead atoms. The van der Waals surface area contributed by atoms with Crippen molar-refractivity contribution < 1.29 is 4.79 Å². The second-order valence-electron chi connectivity index (χ2n) is 6.66. The molecule has 3 atom stereocenters. The van der Waals surface area contributed by atoms with Crippen LogP contribution in [0.5, 0.6) is 0 Å². The first-order chi connectivity index (χ1) is 11.2. The highest BCUT2D eigenvalue weighted by Gasteiger charge is 2.42. The first kappa shape index (κ1) is 14.8. The largest absolute Gasteiger partial charge is 0.337 e. The fourth-order valence-corrected chi connectivity index (χ4v) is 4.70. The first-order valence-electron chi connectivity index (χ1n) is 8.24. The molecule has 0 spiro atoms. The van der Waals surface area contributed by atoms with Gasteiger partial charge in [0.2, 0.25) is 0 Å². The Morgan fingerprint density at radius 2 is 2.09 bits per heavy atom. The van der Waals surface area contributed by atoms with E-state index in [4.69, 9.17) is 5.73 Å². The van der Waals surface area contributed by atoms with E-state index in [0.717, 1.165) is 37.4 Å². The standard InChI is InChI=1S/C18H21N3OS/c19-15-7-6-13-9-21(10-14(13)15)18(22)16-11-23-17(20-16)8-12-4-2-1-3-5-12/h1-5,11,13-15H,6-10,19H2. The molecule has 1 saturated carbocycles. The van der Waals surface area contributed by atoms with Crippen molar-refractivity contribution in [3.63, 3.8) is 0 Å². The summed E-state index contributed by atoms with van der Waals surface area (Å²) < 4.78 is 0. The fraction of sp³-hybridized carbons (Fsp3) is 0.444. The van der Waals surface area contributed by atoms with Gasteiger partial charge in [-0.2, -0.15) is 0 Å². The fourth-order valence-electron chi connectivity index (χ4n) is 3.90. The summed E-state index contributed by atoms with van der Waals surface area (Å²) in [5.41, 5.74) is 7.98. The van der Waals surface area contributed by atoms with Crippen LogP contribution in [-0.2, 0) is 6.42 Å². The number of rotatable bonds is 3. The molecule has 2 fully saturated rings. The lowest BCUT2D eigenvalue weighted by Gasteiger charge is -2.17. The number of nitrogens with two attached hydrogens (primary N) is 1. The average molecular weight is 327 g/mol. The van der Waals surface area contributed by atoms with E-state index in [1.165, 1.54) is 5.56 Å². The minimum absolute atomic E-state index is 0.0714. The molecule has 23 heavy (non-hydrogen) atoms. The molecule has 2 aliphatic rings. The van der Waals surface area contributed by atoms with E-state index in [9.17, 15) is 4.79 Å². The molecule has 1 amide bonds. The van der Waals surface area contributed by atoms with Gasteiger partial charge in [0, 0.05) is 30.9 Å². The Balaban J connectivity index is 1.44. The quantitative estimate of drug-likeness (QED) is 0.942. The monoisotopic (exact) mass is 327 g/mol. The Morgan fingerprint density at radius 3 is 2.87 bits per heavy atom. The van der Waals surface area contributed by atoms with E-state index < -0.39 is 0 Å². The molecule has 2 aromatic rings. The third-order valence-corrected chi connectivity index (χ3v) is 6.02. The Bertz CT molecular complexity index is 699. The summed E-state index contributed by atoms with van der Waals surface area (Å²) in [5, 5.41) is 2.89. The molecule has 1 aliphatic carbocycles. The highest BCUT2D eigenvalue weighted by atomic mass is 32.1. The van der Waals surface area contributed by atoms with E-state index >= 15 is 0 Å². The SMILES string of the molecule is NC1CCC2CN(C(=O)c3csc(Cc4ccccc4)n3)CC12. The third-order valence-electron chi connectivity index (χ3n) is 5.17. The normalized spacial score (nSPS) is 26.5. The van der Waals surface area contributed by atoms with Crippen molar-refractivity contribution in [2.75, 3.05) is 13.1 Å². The number of carbonyl (C=O) groups excluding carboxylic acids is 1. The van der Waals surface area contributed by atoms with Crippen LogP contribution in [0, 0.1) is 11.8 Å². The number of thiazole rings is 1. The van der Waals surface area contributed by atoms with Crippen molar-refractivity contribution in [2.45, 2.75) is 25.3 Å². The zero-order chi connectivity index (χ0) is 15.8. The minimum Gasteiger partial charge on any atom is -0.337 e. The molecule has 1 aliphatic heterocycles. The number of amides is 1. The molecule has 4 rings (SSSR count). The van der Waals surface area contributed by atoms with Crippen molar-refractivity contribution in [2.24, 2.45) is 17.6 Å². The lowest BCUT2D eigenvalue weighted by Crippen LogP contribution is -2.33. The highest BCUT2D eigenvalue weighted by Crippen LogP contribution is 2.37. The van der Waals surface area contributed by atoms with E-state index in [0.29, 0.717) is 17.5 Å². The maximum atomic E-state index is 12.7. The Morgan fingerprint density at radius 1 is 1.26 bits per heavy atom. The molecule has 0 radical (unpaired) electrons. The lowest BCUT2D eigenvalue weighted by atomic mass is 9.98. The van der Waals surface area contributed by atoms with Gasteiger partial charge in [0.05, 0.1) is 5.01 Å². The maximum absolute atomic E-state index is 12.7. The number of nitrogens with zero attached hydrogens (tertiary/aromatic N) is 2. The van der Waals surface area contributed by atoms with Gasteiger partial charge in [0.1, 0.15) is 5.69 Å². The third kappa shape index (κ3) is 2.91. The molecular weight excluding hydrogens is 306 g/mol. The van der Waals surface area contributed by atoms with Gasteiger partial charge in [-0.3, -0.25) is 4.79 Å². The number of aromatic nitrogens is 1. The summed E-state index contributed by atoms with van der Waals surface area (Å²) in [6.07, 6.45) is 3.05. The van der Waals surface area contributed by atoms with Gasteiger partial charge >= 0.3 is 0 Å². The van der Waals surface area contributed by atoms with E-state index in [1.807, 2.05) is 28.5 Å². The minimum atomic E-state index is 0.0714. The van der Waals surface area contributed by atoms with E-state index in [2.05, 4.69) is 17.1 Å². The Kier molecular flexibility index (Phi) is 3.91. The van der Waals surface area contributed by atoms with Crippen LogP contribution in [-0.4, -0.2) is 34.9 Å². The van der Waals surface area contributed by atoms with Gasteiger partial charge in [-0.05, 0) is 30.2 Å². The zero-order valence-corrected chi connectivity index (χ0v) is 13.8. The van der Waals surface area contributed by atoms with Crippen LogP contribution in [0.2, 0.25) is 0 Å². The van der Waals surface area contributed by atoms with Gasteiger partial charge in [0.15, 0.2) is 0 Å². The molecule has 120 valence electrons. The van der Waals surface area contributed by atoms with Gasteiger partial charge < -0.3 is 10.6 Å². The Labute approximate surface area is 140 Å². The summed E-state index contributed by atoms with van der Waals surface area (Å²) in [5.74, 6) is 1.15. The molecule has 1 saturated heterocycles. The van der Waals surface area contributed by atoms with E-state index in [-0.39, 0.29) is 11.9 Å². The van der Waals surface area contributed by atoms with Crippen molar-refractivity contribution in [3.05, 3.63) is 52.0 Å². The summed E-state index contributed by atoms with van der Waals surface area (Å²) in [6, 6.07) is 10.5. The van der Waals surface area contributed by atoms with Crippen LogP contribution in [0.3, 0.4) is 0 Å². The molecule has 2 heterocycles. The number of likely N-dealkylation sites (tertiary alicyclic amines) is 1. The summed E-state index contributed by atoms with van der Waals surface area (Å²) in [7, 11) is 0. The molecular formula is C18H21N3OS. The van der Waals surface area contributed by atoms with Crippen LogP contribution >= 0.6 is 11.3 Å². The van der Waals surface area contributed by atoms with Gasteiger partial charge in [-0.25, -0.2) is 4.98 Å². The number of fused-ring (bicyclic) bond motifs is 1. The van der Waals surface area contributed by atoms with Crippen molar-refractivity contribution in [1.82, 2.24) is 9.88 Å². The molecule has 3 unspecified atom stereocenters. The highest BCUT2D eigenvalue weighted by molar-refractivity contribution is 7.09. The van der Waals surface area contributed by atoms with Crippen molar-refractivity contribution in [1.29, 1.82) is 0 Å². The molecule has 2 N–H and O–H groups in total. The number of carbonyl (C=O) groups is 1. The number of hydrogen-bond donors (Lipinski definition) is 1. The maximum Gasteiger partial charge on any atom is 0.273 e. The second kappa shape index (κ2) is 6.06. The molecule has 4 nitrogen and oxygen atoms in total. The van der Waals surface area contributed by atoms with Crippen molar-refractivity contribution >= 4 is 17.2 Å². The zero-order valence-electron chi connectivity index (χ0n) is 13.0. The van der Waals surface area contributed by atoms with Crippen LogP contribution in [0.4, 0.5) is 0 Å². The van der Waals surface area contributed by atoms with Crippen LogP contribution in [0.15, 0.2) is 35.7 Å². The summed E-state index contributed by atoms with van der Waals surface area (Å²) in [4.78, 5) is 19.2. The molecule has 5 heteroatoms. The summed E-state index contributed by atoms with van der Waals surface area (Å²) >= 11 is 1.57. The molecule has 1 aromatic carbocycles. The van der Waals surface area contributed by atoms with Crippen LogP contribution in [0.25, 0.3) is 0 Å². The molecule has 1 aromatic heterocycles. The first-order valence-corrected chi connectivity index (χ1v) is 9.12. The van der Waals surface area contributed by atoms with Gasteiger partial charge in [0.25, 0.3) is 5.91 Å². The van der Waals surface area contributed by atoms with E-state index in [1.54, 1.807) is 11.3 Å². The smallest absolute Gasteiger partial charge is 0.273 e. The lowest BCUT2D eigenvalue weighted by molar-refractivity contribution is 0.0774. The predicted molar refractivity (Wildman–Crippen MR) is 91.5 cm³/mol. The predicted octanol–water partition coefficient (Wildman–Crippen LogP) is 2.54. The Hall–Kier alpha value is -1.72. The van der Waals surface area contributed by atoms with Gasteiger partial charge in [-0.15, -0.1) is 11.3 Å². The van der Waals surface area contributed by atoms with Crippen molar-refractivity contribution in [3.8, 4) is 0 Å². The van der Waals surface area contributed by atoms with Gasteiger partial charge in [-0.1, -0.05) is 30.3 Å². The number of benzene rings is 1. The van der Waals surface area contributed by atoms with Crippen LogP contribution in [0.1, 0.15) is 33.9 Å². The number of hydrogen-bond acceptors (Lipinski definition) is 4.